The summed E-state index contributed by atoms with van der Waals surface area (Å²) in [5.74, 6) is 1.39. The molecule has 0 heterocycles. The molecular formula is C14H14. The molecule has 14 heavy (non-hydrogen) atoms. The van der Waals surface area contributed by atoms with E-state index in [0.717, 1.165) is 5.92 Å². The summed E-state index contributed by atoms with van der Waals surface area (Å²) in [5, 5.41) is 0. The third-order valence-corrected chi connectivity index (χ3v) is 3.51. The fourth-order valence-corrected chi connectivity index (χ4v) is 2.90. The second-order valence-electron chi connectivity index (χ2n) is 4.35. The predicted octanol–water partition coefficient (Wildman–Crippen LogP) is 3.46. The van der Waals surface area contributed by atoms with Gasteiger partial charge in [0.15, 0.2) is 0 Å². The van der Waals surface area contributed by atoms with Crippen molar-refractivity contribution in [2.24, 2.45) is 5.92 Å². The van der Waals surface area contributed by atoms with E-state index in [9.17, 15) is 0 Å². The number of hydrogen-bond acceptors (Lipinski definition) is 0. The Kier molecular flexibility index (Phi) is 1.63. The Morgan fingerprint density at radius 2 is 2.07 bits per heavy atom. The Labute approximate surface area is 85.0 Å². The van der Waals surface area contributed by atoms with E-state index in [1.807, 2.05) is 0 Å². The lowest BCUT2D eigenvalue weighted by molar-refractivity contribution is 0.499. The van der Waals surface area contributed by atoms with Crippen LogP contribution in [0.25, 0.3) is 0 Å². The highest BCUT2D eigenvalue weighted by Crippen LogP contribution is 2.46. The van der Waals surface area contributed by atoms with Crippen LogP contribution in [0.3, 0.4) is 0 Å². The van der Waals surface area contributed by atoms with E-state index in [-0.39, 0.29) is 0 Å². The van der Waals surface area contributed by atoms with E-state index in [2.05, 4.69) is 43.0 Å². The zero-order chi connectivity index (χ0) is 9.54. The Morgan fingerprint density at radius 1 is 1.21 bits per heavy atom. The van der Waals surface area contributed by atoms with Crippen molar-refractivity contribution in [3.05, 3.63) is 59.7 Å². The SMILES string of the molecule is C=C1C=CCC2Cc3ccccc3C12. The Bertz CT molecular complexity index is 412. The van der Waals surface area contributed by atoms with Crippen molar-refractivity contribution in [3.63, 3.8) is 0 Å². The van der Waals surface area contributed by atoms with Crippen LogP contribution < -0.4 is 0 Å². The molecule has 0 radical (unpaired) electrons. The summed E-state index contributed by atoms with van der Waals surface area (Å²) in [7, 11) is 0. The van der Waals surface area contributed by atoms with Crippen LogP contribution in [0.4, 0.5) is 0 Å². The molecular weight excluding hydrogens is 168 g/mol. The van der Waals surface area contributed by atoms with Gasteiger partial charge < -0.3 is 0 Å². The molecule has 70 valence electrons. The Morgan fingerprint density at radius 3 is 3.00 bits per heavy atom. The fourth-order valence-electron chi connectivity index (χ4n) is 2.90. The number of rotatable bonds is 0. The Balaban J connectivity index is 2.12. The lowest BCUT2D eigenvalue weighted by atomic mass is 9.81. The molecule has 2 aliphatic rings. The van der Waals surface area contributed by atoms with Gasteiger partial charge in [0.1, 0.15) is 0 Å². The van der Waals surface area contributed by atoms with E-state index in [4.69, 9.17) is 0 Å². The van der Waals surface area contributed by atoms with Crippen LogP contribution in [0.15, 0.2) is 48.6 Å². The summed E-state index contributed by atoms with van der Waals surface area (Å²) < 4.78 is 0. The maximum Gasteiger partial charge on any atom is 0.0120 e. The van der Waals surface area contributed by atoms with Gasteiger partial charge in [0.2, 0.25) is 0 Å². The largest absolute Gasteiger partial charge is 0.0952 e. The zero-order valence-corrected chi connectivity index (χ0v) is 8.24. The van der Waals surface area contributed by atoms with Gasteiger partial charge >= 0.3 is 0 Å². The van der Waals surface area contributed by atoms with Gasteiger partial charge in [0, 0.05) is 5.92 Å². The van der Waals surface area contributed by atoms with Gasteiger partial charge in [-0.3, -0.25) is 0 Å². The summed E-state index contributed by atoms with van der Waals surface area (Å²) in [5.41, 5.74) is 4.35. The number of hydrogen-bond donors (Lipinski definition) is 0. The van der Waals surface area contributed by atoms with Gasteiger partial charge in [-0.1, -0.05) is 43.0 Å². The van der Waals surface area contributed by atoms with E-state index in [1.54, 1.807) is 0 Å². The normalized spacial score (nSPS) is 28.7. The molecule has 0 N–H and O–H groups in total. The molecule has 2 atom stereocenters. The average molecular weight is 182 g/mol. The average Bonchev–Trinajstić information content (AvgIpc) is 2.57. The first-order valence-corrected chi connectivity index (χ1v) is 5.29. The lowest BCUT2D eigenvalue weighted by Gasteiger charge is -2.23. The molecule has 1 aromatic carbocycles. The molecule has 0 fully saturated rings. The first kappa shape index (κ1) is 8.05. The molecule has 1 aromatic rings. The van der Waals surface area contributed by atoms with E-state index < -0.39 is 0 Å². The van der Waals surface area contributed by atoms with Crippen LogP contribution in [-0.4, -0.2) is 0 Å². The second kappa shape index (κ2) is 2.84. The van der Waals surface area contributed by atoms with Gasteiger partial charge in [-0.05, 0) is 35.5 Å². The third kappa shape index (κ3) is 1.00. The van der Waals surface area contributed by atoms with Crippen molar-refractivity contribution >= 4 is 0 Å². The minimum atomic E-state index is 0.608. The smallest absolute Gasteiger partial charge is 0.0120 e. The molecule has 0 amide bonds. The van der Waals surface area contributed by atoms with Crippen molar-refractivity contribution in [1.29, 1.82) is 0 Å². The summed E-state index contributed by atoms with van der Waals surface area (Å²) in [6, 6.07) is 8.82. The lowest BCUT2D eigenvalue weighted by Crippen LogP contribution is -2.11. The van der Waals surface area contributed by atoms with E-state index >= 15 is 0 Å². The quantitative estimate of drug-likeness (QED) is 0.576. The maximum absolute atomic E-state index is 4.17. The van der Waals surface area contributed by atoms with Crippen LogP contribution in [0.1, 0.15) is 23.5 Å². The molecule has 3 rings (SSSR count). The van der Waals surface area contributed by atoms with Crippen LogP contribution >= 0.6 is 0 Å². The summed E-state index contributed by atoms with van der Waals surface area (Å²) in [6.07, 6.45) is 6.93. The fraction of sp³-hybridized carbons (Fsp3) is 0.286. The topological polar surface area (TPSA) is 0 Å². The van der Waals surface area contributed by atoms with Crippen LogP contribution in [-0.2, 0) is 6.42 Å². The van der Waals surface area contributed by atoms with Crippen molar-refractivity contribution in [3.8, 4) is 0 Å². The number of allylic oxidation sites excluding steroid dienone is 3. The summed E-state index contributed by atoms with van der Waals surface area (Å²) >= 11 is 0. The van der Waals surface area contributed by atoms with Gasteiger partial charge in [-0.15, -0.1) is 0 Å². The number of fused-ring (bicyclic) bond motifs is 3. The first-order chi connectivity index (χ1) is 6.86. The molecule has 0 nitrogen and oxygen atoms in total. The molecule has 0 bridgehead atoms. The highest BCUT2D eigenvalue weighted by molar-refractivity contribution is 5.45. The molecule has 0 aliphatic heterocycles. The van der Waals surface area contributed by atoms with Crippen LogP contribution in [0.2, 0.25) is 0 Å². The monoisotopic (exact) mass is 182 g/mol. The van der Waals surface area contributed by atoms with E-state index in [1.165, 1.54) is 29.5 Å². The van der Waals surface area contributed by atoms with Crippen LogP contribution in [0.5, 0.6) is 0 Å². The molecule has 2 unspecified atom stereocenters. The minimum absolute atomic E-state index is 0.608. The van der Waals surface area contributed by atoms with Crippen molar-refractivity contribution in [2.45, 2.75) is 18.8 Å². The molecule has 0 heteroatoms. The predicted molar refractivity (Wildman–Crippen MR) is 59.3 cm³/mol. The molecule has 0 aromatic heterocycles. The molecule has 0 saturated carbocycles. The summed E-state index contributed by atoms with van der Waals surface area (Å²) in [4.78, 5) is 0. The molecule has 0 saturated heterocycles. The first-order valence-electron chi connectivity index (χ1n) is 5.29. The maximum atomic E-state index is 4.17. The van der Waals surface area contributed by atoms with Crippen molar-refractivity contribution in [2.75, 3.05) is 0 Å². The van der Waals surface area contributed by atoms with Gasteiger partial charge in [-0.25, -0.2) is 0 Å². The van der Waals surface area contributed by atoms with Crippen molar-refractivity contribution < 1.29 is 0 Å². The second-order valence-corrected chi connectivity index (χ2v) is 4.35. The Hall–Kier alpha value is -1.30. The molecule has 2 aliphatic carbocycles. The third-order valence-electron chi connectivity index (χ3n) is 3.51. The van der Waals surface area contributed by atoms with Gasteiger partial charge in [0.05, 0.1) is 0 Å². The number of benzene rings is 1. The standard InChI is InChI=1S/C14H14/c1-10-5-4-7-12-9-11-6-2-3-8-13(11)14(10)12/h2-6,8,12,14H,1,7,9H2. The summed E-state index contributed by atoms with van der Waals surface area (Å²) in [6.45, 7) is 4.17. The highest BCUT2D eigenvalue weighted by Gasteiger charge is 2.33. The minimum Gasteiger partial charge on any atom is -0.0952 e. The van der Waals surface area contributed by atoms with Gasteiger partial charge in [-0.2, -0.15) is 0 Å². The highest BCUT2D eigenvalue weighted by atomic mass is 14.4. The van der Waals surface area contributed by atoms with Crippen molar-refractivity contribution in [1.82, 2.24) is 0 Å². The molecule has 0 spiro atoms. The van der Waals surface area contributed by atoms with Gasteiger partial charge in [0.25, 0.3) is 0 Å². The van der Waals surface area contributed by atoms with Crippen LogP contribution in [0, 0.1) is 5.92 Å². The zero-order valence-electron chi connectivity index (χ0n) is 8.24. The van der Waals surface area contributed by atoms with E-state index in [0.29, 0.717) is 5.92 Å².